The highest BCUT2D eigenvalue weighted by atomic mass is 16.7. The lowest BCUT2D eigenvalue weighted by Gasteiger charge is -2.42. The van der Waals surface area contributed by atoms with Gasteiger partial charge in [-0.15, -0.1) is 0 Å². The second-order valence-electron chi connectivity index (χ2n) is 17.9. The van der Waals surface area contributed by atoms with Crippen LogP contribution in [0.5, 0.6) is 28.7 Å². The average Bonchev–Trinajstić information content (AvgIpc) is 3.33. The van der Waals surface area contributed by atoms with Crippen LogP contribution in [-0.2, 0) is 23.7 Å². The number of nitrogens with one attached hydrogen (secondary N) is 2. The van der Waals surface area contributed by atoms with E-state index in [0.717, 1.165) is 6.07 Å². The summed E-state index contributed by atoms with van der Waals surface area (Å²) in [7, 11) is 2.70. The van der Waals surface area contributed by atoms with E-state index in [1.54, 1.807) is 6.92 Å². The molecule has 23 nitrogen and oxygen atoms in total. The third-order valence-electron chi connectivity index (χ3n) is 12.9. The average molecular weight is 983 g/mol. The molecule has 2 aromatic heterocycles. The number of anilines is 1. The Labute approximate surface area is 401 Å². The van der Waals surface area contributed by atoms with Crippen LogP contribution < -0.4 is 25.7 Å². The summed E-state index contributed by atoms with van der Waals surface area (Å²) in [5.41, 5.74) is -9.35. The number of ether oxygens (including phenoxy) is 6. The monoisotopic (exact) mass is 982 g/mol. The van der Waals surface area contributed by atoms with Gasteiger partial charge in [0.15, 0.2) is 51.9 Å². The van der Waals surface area contributed by atoms with Gasteiger partial charge < -0.3 is 63.9 Å². The maximum absolute atomic E-state index is 14.5. The first-order chi connectivity index (χ1) is 33.5. The number of Topliss-reactive ketones (excluding diaryl/α,β-unsaturated/α-hetero) is 4. The number of hydrogen-bond donors (Lipinski definition) is 6. The van der Waals surface area contributed by atoms with Crippen LogP contribution in [-0.4, -0.2) is 123 Å². The van der Waals surface area contributed by atoms with Gasteiger partial charge >= 0.3 is 11.6 Å². The Morgan fingerprint density at radius 1 is 0.944 bits per heavy atom. The number of rotatable bonds is 9. The van der Waals surface area contributed by atoms with Gasteiger partial charge in [0.25, 0.3) is 5.91 Å². The summed E-state index contributed by atoms with van der Waals surface area (Å²) in [5.74, 6) is -11.8. The quantitative estimate of drug-likeness (QED) is 0.0788. The third-order valence-corrected chi connectivity index (χ3v) is 12.9. The number of ketones is 4. The number of aromatic nitrogens is 1. The fourth-order valence-electron chi connectivity index (χ4n) is 9.19. The van der Waals surface area contributed by atoms with Crippen molar-refractivity contribution in [1.82, 2.24) is 10.3 Å². The number of hydrogen-bond acceptors (Lipinski definition) is 22. The summed E-state index contributed by atoms with van der Waals surface area (Å²) in [5, 5.41) is 54.1. The second-order valence-corrected chi connectivity index (χ2v) is 17.9. The Morgan fingerprint density at radius 3 is 2.34 bits per heavy atom. The van der Waals surface area contributed by atoms with Crippen molar-refractivity contribution >= 4 is 51.7 Å². The molecule has 6 N–H and O–H groups in total. The predicted molar refractivity (Wildman–Crippen MR) is 243 cm³/mol. The van der Waals surface area contributed by atoms with Crippen LogP contribution in [0.15, 0.2) is 67.8 Å². The van der Waals surface area contributed by atoms with Crippen molar-refractivity contribution in [3.05, 3.63) is 102 Å². The van der Waals surface area contributed by atoms with E-state index < -0.39 is 152 Å². The van der Waals surface area contributed by atoms with Gasteiger partial charge in [-0.3, -0.25) is 24.0 Å². The van der Waals surface area contributed by atoms with Gasteiger partial charge in [-0.25, -0.2) is 14.6 Å². The van der Waals surface area contributed by atoms with Crippen LogP contribution in [0.1, 0.15) is 98.7 Å². The lowest BCUT2D eigenvalue weighted by Crippen LogP contribution is -2.59. The van der Waals surface area contributed by atoms with Gasteiger partial charge in [-0.05, 0) is 64.0 Å². The first kappa shape index (κ1) is 49.4. The van der Waals surface area contributed by atoms with Crippen molar-refractivity contribution in [3.63, 3.8) is 0 Å². The fourth-order valence-corrected chi connectivity index (χ4v) is 9.19. The van der Waals surface area contributed by atoms with Crippen LogP contribution in [0.2, 0.25) is 0 Å². The predicted octanol–water partition coefficient (Wildman–Crippen LogP) is 3.83. The molecule has 2 aromatic carbocycles. The highest BCUT2D eigenvalue weighted by Gasteiger charge is 2.52. The number of fused-ring (bicyclic) bond motifs is 2. The number of aliphatic hydroxyl groups excluding tert-OH is 1. The number of nitroso groups, excluding NO2 is 1. The zero-order valence-electron chi connectivity index (χ0n) is 39.1. The number of nitrogens with zero attached hydrogens (tertiary/aromatic N) is 2. The van der Waals surface area contributed by atoms with E-state index in [0.29, 0.717) is 0 Å². The van der Waals surface area contributed by atoms with Crippen molar-refractivity contribution in [2.45, 2.75) is 89.8 Å². The minimum Gasteiger partial charge on any atom is -0.507 e. The normalized spacial score (nSPS) is 27.0. The van der Waals surface area contributed by atoms with Crippen LogP contribution in [0.3, 0.4) is 0 Å². The molecule has 0 unspecified atom stereocenters. The number of pyridine rings is 1. The summed E-state index contributed by atoms with van der Waals surface area (Å²) >= 11 is 0. The van der Waals surface area contributed by atoms with Gasteiger partial charge in [0, 0.05) is 37.1 Å². The molecule has 1 fully saturated rings. The number of aryl methyl sites for hydroxylation is 1. The number of esters is 1. The molecular weight excluding hydrogens is 937 g/mol. The van der Waals surface area contributed by atoms with Crippen LogP contribution in [0.4, 0.5) is 5.69 Å². The van der Waals surface area contributed by atoms with E-state index in [2.05, 4.69) is 20.8 Å². The Kier molecular flexibility index (Phi) is 12.6. The molecule has 8 rings (SSSR count). The summed E-state index contributed by atoms with van der Waals surface area (Å²) in [4.78, 5) is 115. The maximum atomic E-state index is 14.5. The Balaban J connectivity index is 1.21. The Hall–Kier alpha value is -8.02. The van der Waals surface area contributed by atoms with E-state index >= 15 is 0 Å². The number of phenols is 1. The number of aliphatic hydroxyl groups is 1. The van der Waals surface area contributed by atoms with Crippen LogP contribution >= 0.6 is 0 Å². The lowest BCUT2D eigenvalue weighted by molar-refractivity contribution is -0.210. The largest absolute Gasteiger partial charge is 0.507 e. The van der Waals surface area contributed by atoms with Crippen molar-refractivity contribution in [2.24, 2.45) is 11.1 Å². The molecule has 23 heteroatoms. The number of aromatic hydroxyl groups is 3. The van der Waals surface area contributed by atoms with Crippen LogP contribution in [0, 0.1) is 17.7 Å². The number of benzene rings is 2. The smallest absolute Gasteiger partial charge is 0.364 e. The minimum atomic E-state index is -2.37. The van der Waals surface area contributed by atoms with Crippen molar-refractivity contribution < 1.29 is 82.0 Å². The molecule has 1 amide bonds. The molecule has 3 bridgehead atoms. The molecule has 3 aliphatic heterocycles. The van der Waals surface area contributed by atoms with Crippen molar-refractivity contribution in [1.29, 1.82) is 0 Å². The number of allylic oxidation sites excluding steroid dienone is 3. The highest BCUT2D eigenvalue weighted by molar-refractivity contribution is 6.31. The number of amides is 1. The van der Waals surface area contributed by atoms with E-state index in [1.165, 1.54) is 79.2 Å². The van der Waals surface area contributed by atoms with Gasteiger partial charge in [0.1, 0.15) is 46.2 Å². The highest BCUT2D eigenvalue weighted by Crippen LogP contribution is 2.42. The molecule has 0 saturated carbocycles. The topological polar surface area (TPSA) is 335 Å². The molecule has 1 aliphatic carbocycles. The van der Waals surface area contributed by atoms with E-state index in [-0.39, 0.29) is 45.5 Å². The lowest BCUT2D eigenvalue weighted by atomic mass is 9.82. The molecule has 0 radical (unpaired) electrons. The summed E-state index contributed by atoms with van der Waals surface area (Å²) in [6.07, 6.45) is -6.64. The summed E-state index contributed by atoms with van der Waals surface area (Å²) < 4.78 is 39.5. The van der Waals surface area contributed by atoms with Gasteiger partial charge in [0.2, 0.25) is 23.6 Å². The molecular formula is C48H46N4O19. The number of phenolic OH excluding ortho intramolecular Hbond substituents is 1. The molecule has 372 valence electrons. The molecule has 71 heavy (non-hydrogen) atoms. The van der Waals surface area contributed by atoms with Crippen molar-refractivity contribution in [2.75, 3.05) is 26.1 Å². The standard InChI is InChI=1S/C48H46N4O19/c1-17-11-19(3)40(39(59)42(60)48(6)16-49-30-36(56)23-12-18(2)34(54)29(33(17)53)28(23)38(58)41(30)71-48)70-46(63)32-37(57)26(68-27-15-47(5,52-64)43(66-8)20(4)67-27)14-24(50-32)44(61)51-31-35(55)22-10-9-21(65-7)13-25(22)69-45(31)62/h9-14,19-20,27,39-40,43,49,54-55,57,59H,15-16H2,1-8H3,(H,51,61)/b17-11-/t19-,20-,27-,39-,40+,43+,47+,48-/m0/s1. The zero-order valence-corrected chi connectivity index (χ0v) is 39.1. The Morgan fingerprint density at radius 2 is 1.66 bits per heavy atom. The van der Waals surface area contributed by atoms with Gasteiger partial charge in [-0.2, -0.15) is 4.91 Å². The van der Waals surface area contributed by atoms with Gasteiger partial charge in [0.05, 0.1) is 36.3 Å². The van der Waals surface area contributed by atoms with E-state index in [4.69, 9.17) is 32.8 Å². The molecule has 1 saturated heterocycles. The number of carbonyl (C=O) groups excluding carboxylic acids is 6. The molecule has 5 heterocycles. The minimum absolute atomic E-state index is 0.0251. The van der Waals surface area contributed by atoms with E-state index in [1.807, 2.05) is 0 Å². The first-order valence-corrected chi connectivity index (χ1v) is 21.9. The number of methoxy groups -OCH3 is 2. The molecule has 4 aliphatic rings. The zero-order chi connectivity index (χ0) is 51.8. The maximum Gasteiger partial charge on any atom is 0.364 e. The summed E-state index contributed by atoms with van der Waals surface area (Å²) in [6, 6.07) is 6.18. The number of carbonyl (C=O) groups is 6. The molecule has 4 aromatic rings. The SMILES string of the molecule is COc1ccc2c(O)c(NC(=O)c3cc(O[C@H]4C[C@@](C)(N=O)[C@H](OC)[C@H](C)O4)c(O)c(C(=O)O[C@H]4[C@H](O)C(=O)[C@]5(C)CNC6=C(O5)C(=O)c5c(cc(C)c(O)c5C(=O)/C(C)=C\[C@@H]4C)C6=O)n3)c(=O)oc2c1. The van der Waals surface area contributed by atoms with E-state index in [9.17, 15) is 58.9 Å². The third kappa shape index (κ3) is 8.29. The van der Waals surface area contributed by atoms with Gasteiger partial charge in [-0.1, -0.05) is 18.2 Å². The summed E-state index contributed by atoms with van der Waals surface area (Å²) in [6.45, 7) is 7.72. The Bertz CT molecular complexity index is 3160. The fraction of sp³-hybridized carbons (Fsp3) is 0.375. The van der Waals surface area contributed by atoms with Crippen molar-refractivity contribution in [3.8, 4) is 28.7 Å². The first-order valence-electron chi connectivity index (χ1n) is 21.9. The second kappa shape index (κ2) is 18.1. The molecule has 8 atom stereocenters. The molecule has 0 spiro atoms. The van der Waals surface area contributed by atoms with Crippen LogP contribution in [0.25, 0.3) is 11.0 Å².